The van der Waals surface area contributed by atoms with Gasteiger partial charge in [0.2, 0.25) is 0 Å². The number of hydrogen-bond donors (Lipinski definition) is 2. The Morgan fingerprint density at radius 2 is 1.67 bits per heavy atom. The van der Waals surface area contributed by atoms with Gasteiger partial charge >= 0.3 is 0 Å². The van der Waals surface area contributed by atoms with E-state index in [-0.39, 0.29) is 4.90 Å². The van der Waals surface area contributed by atoms with Crippen molar-refractivity contribution in [3.8, 4) is 0 Å². The average molecular weight is 308 g/mol. The predicted octanol–water partition coefficient (Wildman–Crippen LogP) is 3.13. The first kappa shape index (κ1) is 15.3. The predicted molar refractivity (Wildman–Crippen MR) is 82.3 cm³/mol. The molecule has 0 heterocycles. The fraction of sp³-hybridized carbons (Fsp3) is 0.200. The molecule has 2 aromatic carbocycles. The van der Waals surface area contributed by atoms with Crippen LogP contribution in [0.15, 0.2) is 35.2 Å². The van der Waals surface area contributed by atoms with Gasteiger partial charge in [0.25, 0.3) is 10.0 Å². The Labute approximate surface area is 123 Å². The molecule has 112 valence electrons. The maximum absolute atomic E-state index is 13.3. The van der Waals surface area contributed by atoms with Gasteiger partial charge < -0.3 is 5.73 Å². The van der Waals surface area contributed by atoms with Gasteiger partial charge in [0.1, 0.15) is 5.82 Å². The quantitative estimate of drug-likeness (QED) is 0.856. The zero-order valence-corrected chi connectivity index (χ0v) is 12.9. The van der Waals surface area contributed by atoms with E-state index in [1.807, 2.05) is 0 Å². The number of benzene rings is 2. The van der Waals surface area contributed by atoms with Crippen LogP contribution in [0, 0.1) is 26.6 Å². The van der Waals surface area contributed by atoms with Crippen LogP contribution in [-0.2, 0) is 10.0 Å². The van der Waals surface area contributed by atoms with Crippen molar-refractivity contribution in [1.82, 2.24) is 0 Å². The van der Waals surface area contributed by atoms with Crippen LogP contribution in [0.5, 0.6) is 0 Å². The minimum Gasteiger partial charge on any atom is -0.398 e. The van der Waals surface area contributed by atoms with Gasteiger partial charge in [-0.1, -0.05) is 6.07 Å². The Kier molecular flexibility index (Phi) is 3.91. The van der Waals surface area contributed by atoms with E-state index in [1.165, 1.54) is 12.1 Å². The molecule has 21 heavy (non-hydrogen) atoms. The first-order chi connectivity index (χ1) is 9.72. The summed E-state index contributed by atoms with van der Waals surface area (Å²) < 4.78 is 40.9. The highest BCUT2D eigenvalue weighted by Gasteiger charge is 2.21. The van der Waals surface area contributed by atoms with E-state index in [9.17, 15) is 12.8 Å². The van der Waals surface area contributed by atoms with Crippen molar-refractivity contribution in [3.63, 3.8) is 0 Å². The molecule has 0 fully saturated rings. The number of nitrogen functional groups attached to an aromatic ring is 1. The summed E-state index contributed by atoms with van der Waals surface area (Å²) in [6.07, 6.45) is 0. The van der Waals surface area contributed by atoms with Gasteiger partial charge in [-0.05, 0) is 61.7 Å². The van der Waals surface area contributed by atoms with Crippen LogP contribution < -0.4 is 10.5 Å². The molecule has 0 aliphatic heterocycles. The number of nitrogens with two attached hydrogens (primary N) is 1. The van der Waals surface area contributed by atoms with Crippen molar-refractivity contribution < 1.29 is 12.8 Å². The van der Waals surface area contributed by atoms with Gasteiger partial charge in [-0.25, -0.2) is 12.8 Å². The molecule has 0 aromatic heterocycles. The molecule has 0 spiro atoms. The van der Waals surface area contributed by atoms with Crippen molar-refractivity contribution in [1.29, 1.82) is 0 Å². The molecule has 2 rings (SSSR count). The van der Waals surface area contributed by atoms with Gasteiger partial charge in [-0.15, -0.1) is 0 Å². The van der Waals surface area contributed by atoms with Crippen LogP contribution in [0.1, 0.15) is 16.7 Å². The second kappa shape index (κ2) is 5.37. The highest BCUT2D eigenvalue weighted by Crippen LogP contribution is 2.27. The highest BCUT2D eigenvalue weighted by atomic mass is 32.2. The molecular formula is C15H17FN2O2S. The first-order valence-electron chi connectivity index (χ1n) is 6.37. The number of halogens is 1. The number of sulfonamides is 1. The lowest BCUT2D eigenvalue weighted by Crippen LogP contribution is -2.17. The number of rotatable bonds is 3. The first-order valence-corrected chi connectivity index (χ1v) is 7.85. The number of anilines is 2. The molecule has 0 amide bonds. The SMILES string of the molecule is Cc1cc(F)cc(C)c1S(=O)(=O)Nc1cccc(N)c1C. The van der Waals surface area contributed by atoms with Crippen molar-refractivity contribution in [2.24, 2.45) is 0 Å². The van der Waals surface area contributed by atoms with Crippen LogP contribution in [0.3, 0.4) is 0 Å². The monoisotopic (exact) mass is 308 g/mol. The lowest BCUT2D eigenvalue weighted by molar-refractivity contribution is 0.597. The summed E-state index contributed by atoms with van der Waals surface area (Å²) in [4.78, 5) is 0.0886. The van der Waals surface area contributed by atoms with E-state index in [2.05, 4.69) is 4.72 Å². The highest BCUT2D eigenvalue weighted by molar-refractivity contribution is 7.92. The third-order valence-corrected chi connectivity index (χ3v) is 4.98. The molecule has 0 bridgehead atoms. The standard InChI is InChI=1S/C15H17FN2O2S/c1-9-7-12(16)8-10(2)15(9)21(19,20)18-14-6-4-5-13(17)11(14)3/h4-8,18H,17H2,1-3H3. The zero-order chi connectivity index (χ0) is 15.8. The Bertz CT molecular complexity index is 778. The fourth-order valence-corrected chi connectivity index (χ4v) is 3.86. The van der Waals surface area contributed by atoms with Crippen LogP contribution in [0.2, 0.25) is 0 Å². The Hall–Kier alpha value is -2.08. The fourth-order valence-electron chi connectivity index (χ4n) is 2.28. The van der Waals surface area contributed by atoms with Gasteiger partial charge in [-0.2, -0.15) is 0 Å². The minimum absolute atomic E-state index is 0.0886. The maximum Gasteiger partial charge on any atom is 0.262 e. The maximum atomic E-state index is 13.3. The summed E-state index contributed by atoms with van der Waals surface area (Å²) in [7, 11) is -3.80. The van der Waals surface area contributed by atoms with Crippen LogP contribution in [0.4, 0.5) is 15.8 Å². The molecule has 0 atom stereocenters. The summed E-state index contributed by atoms with van der Waals surface area (Å²) in [6, 6.07) is 7.41. The third kappa shape index (κ3) is 3.00. The molecule has 6 heteroatoms. The molecule has 0 aliphatic rings. The smallest absolute Gasteiger partial charge is 0.262 e. The minimum atomic E-state index is -3.80. The van der Waals surface area contributed by atoms with Crippen molar-refractivity contribution >= 4 is 21.4 Å². The van der Waals surface area contributed by atoms with E-state index in [1.54, 1.807) is 39.0 Å². The van der Waals surface area contributed by atoms with E-state index in [0.717, 1.165) is 0 Å². The summed E-state index contributed by atoms with van der Waals surface area (Å²) in [5, 5.41) is 0. The lowest BCUT2D eigenvalue weighted by atomic mass is 10.1. The van der Waals surface area contributed by atoms with Crippen molar-refractivity contribution in [2.45, 2.75) is 25.7 Å². The Morgan fingerprint density at radius 3 is 2.24 bits per heavy atom. The number of aryl methyl sites for hydroxylation is 2. The third-order valence-electron chi connectivity index (χ3n) is 3.31. The molecule has 3 N–H and O–H groups in total. The average Bonchev–Trinajstić information content (AvgIpc) is 2.33. The second-order valence-corrected chi connectivity index (χ2v) is 6.61. The molecule has 0 unspecified atom stereocenters. The second-order valence-electron chi connectivity index (χ2n) is 4.99. The lowest BCUT2D eigenvalue weighted by Gasteiger charge is -2.15. The van der Waals surface area contributed by atoms with E-state index < -0.39 is 15.8 Å². The summed E-state index contributed by atoms with van der Waals surface area (Å²) >= 11 is 0. The summed E-state index contributed by atoms with van der Waals surface area (Å²) in [5.74, 6) is -0.455. The number of nitrogens with one attached hydrogen (secondary N) is 1. The number of hydrogen-bond acceptors (Lipinski definition) is 3. The molecule has 2 aromatic rings. The molecular weight excluding hydrogens is 291 g/mol. The Morgan fingerprint density at radius 1 is 1.10 bits per heavy atom. The van der Waals surface area contributed by atoms with Gasteiger partial charge in [0, 0.05) is 5.69 Å². The molecule has 0 aliphatic carbocycles. The van der Waals surface area contributed by atoms with Gasteiger partial charge in [-0.3, -0.25) is 4.72 Å². The van der Waals surface area contributed by atoms with Crippen molar-refractivity contribution in [3.05, 3.63) is 52.8 Å². The molecule has 4 nitrogen and oxygen atoms in total. The summed E-state index contributed by atoms with van der Waals surface area (Å²) in [6.45, 7) is 4.87. The van der Waals surface area contributed by atoms with Crippen LogP contribution in [0.25, 0.3) is 0 Å². The van der Waals surface area contributed by atoms with Crippen LogP contribution in [-0.4, -0.2) is 8.42 Å². The largest absolute Gasteiger partial charge is 0.398 e. The van der Waals surface area contributed by atoms with Crippen LogP contribution >= 0.6 is 0 Å². The van der Waals surface area contributed by atoms with Crippen molar-refractivity contribution in [2.75, 3.05) is 10.5 Å². The van der Waals surface area contributed by atoms with Gasteiger partial charge in [0.15, 0.2) is 0 Å². The van der Waals surface area contributed by atoms with E-state index >= 15 is 0 Å². The Balaban J connectivity index is 2.51. The molecule has 0 radical (unpaired) electrons. The normalized spacial score (nSPS) is 11.4. The van der Waals surface area contributed by atoms with Gasteiger partial charge in [0.05, 0.1) is 10.6 Å². The zero-order valence-electron chi connectivity index (χ0n) is 12.1. The molecule has 0 saturated carbocycles. The van der Waals surface area contributed by atoms with E-state index in [0.29, 0.717) is 28.1 Å². The molecule has 0 saturated heterocycles. The van der Waals surface area contributed by atoms with E-state index in [4.69, 9.17) is 5.73 Å². The topological polar surface area (TPSA) is 72.2 Å². The summed E-state index contributed by atoms with van der Waals surface area (Å²) in [5.41, 5.74) is 8.07.